The monoisotopic (exact) mass is 427 g/mol. The summed E-state index contributed by atoms with van der Waals surface area (Å²) in [5.74, 6) is -0.639. The molecule has 0 saturated carbocycles. The minimum absolute atomic E-state index is 0.165. The summed E-state index contributed by atoms with van der Waals surface area (Å²) in [5, 5.41) is 14.7. The average Bonchev–Trinajstić information content (AvgIpc) is 2.69. The predicted octanol–water partition coefficient (Wildman–Crippen LogP) is 1.12. The summed E-state index contributed by atoms with van der Waals surface area (Å²) in [6, 6.07) is 6.48. The SMILES string of the molecule is CSCCC(N)C(=O)NC(CCSC)C(=O)NC(Cc1ccccc1)C(=O)O. The van der Waals surface area contributed by atoms with Crippen LogP contribution in [0.2, 0.25) is 0 Å². The first-order valence-corrected chi connectivity index (χ1v) is 11.8. The molecular formula is C19H29N3O4S2. The molecule has 0 saturated heterocycles. The Morgan fingerprint density at radius 1 is 0.964 bits per heavy atom. The first-order chi connectivity index (χ1) is 13.4. The molecular weight excluding hydrogens is 398 g/mol. The fourth-order valence-corrected chi connectivity index (χ4v) is 3.44. The number of carbonyl (C=O) groups excluding carboxylic acids is 2. The summed E-state index contributed by atoms with van der Waals surface area (Å²) in [4.78, 5) is 36.6. The van der Waals surface area contributed by atoms with Gasteiger partial charge >= 0.3 is 5.97 Å². The van der Waals surface area contributed by atoms with Crippen molar-refractivity contribution in [1.29, 1.82) is 0 Å². The van der Waals surface area contributed by atoms with Crippen LogP contribution in [-0.2, 0) is 20.8 Å². The second kappa shape index (κ2) is 13.5. The topological polar surface area (TPSA) is 122 Å². The van der Waals surface area contributed by atoms with Gasteiger partial charge in [-0.3, -0.25) is 9.59 Å². The van der Waals surface area contributed by atoms with E-state index in [1.54, 1.807) is 35.7 Å². The molecule has 5 N–H and O–H groups in total. The first-order valence-electron chi connectivity index (χ1n) is 9.00. The van der Waals surface area contributed by atoms with Gasteiger partial charge in [0, 0.05) is 6.42 Å². The van der Waals surface area contributed by atoms with E-state index < -0.39 is 35.9 Å². The lowest BCUT2D eigenvalue weighted by Crippen LogP contribution is -2.55. The molecule has 7 nitrogen and oxygen atoms in total. The molecule has 0 fully saturated rings. The zero-order valence-corrected chi connectivity index (χ0v) is 17.9. The lowest BCUT2D eigenvalue weighted by atomic mass is 10.1. The van der Waals surface area contributed by atoms with Crippen molar-refractivity contribution in [2.75, 3.05) is 24.0 Å². The number of carboxylic acid groups (broad SMARTS) is 1. The Morgan fingerprint density at radius 2 is 1.54 bits per heavy atom. The number of nitrogens with two attached hydrogens (primary N) is 1. The molecule has 0 spiro atoms. The van der Waals surface area contributed by atoms with Crippen LogP contribution in [0.4, 0.5) is 0 Å². The fraction of sp³-hybridized carbons (Fsp3) is 0.526. The zero-order chi connectivity index (χ0) is 20.9. The number of carbonyl (C=O) groups is 3. The van der Waals surface area contributed by atoms with Crippen LogP contribution < -0.4 is 16.4 Å². The number of benzene rings is 1. The molecule has 9 heteroatoms. The number of carboxylic acids is 1. The third-order valence-corrected chi connectivity index (χ3v) is 5.40. The minimum Gasteiger partial charge on any atom is -0.480 e. The molecule has 0 bridgehead atoms. The number of hydrogen-bond acceptors (Lipinski definition) is 6. The molecule has 0 radical (unpaired) electrons. The summed E-state index contributed by atoms with van der Waals surface area (Å²) >= 11 is 3.13. The van der Waals surface area contributed by atoms with Crippen molar-refractivity contribution >= 4 is 41.3 Å². The fourth-order valence-electron chi connectivity index (χ4n) is 2.48. The smallest absolute Gasteiger partial charge is 0.326 e. The average molecular weight is 428 g/mol. The predicted molar refractivity (Wildman–Crippen MR) is 116 cm³/mol. The Kier molecular flexibility index (Phi) is 11.7. The van der Waals surface area contributed by atoms with E-state index in [0.29, 0.717) is 18.6 Å². The maximum atomic E-state index is 12.7. The maximum absolute atomic E-state index is 12.7. The molecule has 3 atom stereocenters. The summed E-state index contributed by atoms with van der Waals surface area (Å²) < 4.78 is 0. The van der Waals surface area contributed by atoms with Crippen molar-refractivity contribution in [1.82, 2.24) is 10.6 Å². The molecule has 0 heterocycles. The van der Waals surface area contributed by atoms with Crippen molar-refractivity contribution in [2.24, 2.45) is 5.73 Å². The molecule has 0 aromatic heterocycles. The van der Waals surface area contributed by atoms with Gasteiger partial charge in [0.15, 0.2) is 0 Å². The molecule has 0 aliphatic heterocycles. The Labute approximate surface area is 174 Å². The number of rotatable bonds is 13. The largest absolute Gasteiger partial charge is 0.480 e. The molecule has 0 aliphatic rings. The van der Waals surface area contributed by atoms with Gasteiger partial charge in [-0.05, 0) is 42.4 Å². The number of thioether (sulfide) groups is 2. The van der Waals surface area contributed by atoms with Gasteiger partial charge in [0.05, 0.1) is 6.04 Å². The molecule has 1 aromatic rings. The molecule has 156 valence electrons. The Morgan fingerprint density at radius 3 is 2.11 bits per heavy atom. The van der Waals surface area contributed by atoms with Crippen molar-refractivity contribution in [3.05, 3.63) is 35.9 Å². The van der Waals surface area contributed by atoms with Gasteiger partial charge in [-0.1, -0.05) is 30.3 Å². The van der Waals surface area contributed by atoms with E-state index in [9.17, 15) is 19.5 Å². The Hall–Kier alpha value is -1.71. The van der Waals surface area contributed by atoms with Crippen LogP contribution in [0.5, 0.6) is 0 Å². The molecule has 2 amide bonds. The van der Waals surface area contributed by atoms with E-state index in [0.717, 1.165) is 11.3 Å². The van der Waals surface area contributed by atoms with E-state index in [1.165, 1.54) is 0 Å². The molecule has 1 rings (SSSR count). The summed E-state index contributed by atoms with van der Waals surface area (Å²) in [7, 11) is 0. The Bertz CT molecular complexity index is 631. The molecule has 1 aromatic carbocycles. The van der Waals surface area contributed by atoms with Crippen LogP contribution in [-0.4, -0.2) is 65.0 Å². The van der Waals surface area contributed by atoms with Gasteiger partial charge in [-0.25, -0.2) is 4.79 Å². The van der Waals surface area contributed by atoms with E-state index in [-0.39, 0.29) is 6.42 Å². The molecule has 3 unspecified atom stereocenters. The third kappa shape index (κ3) is 8.99. The van der Waals surface area contributed by atoms with Gasteiger partial charge in [0.1, 0.15) is 12.1 Å². The lowest BCUT2D eigenvalue weighted by Gasteiger charge is -2.23. The normalized spacial score (nSPS) is 14.0. The number of nitrogens with one attached hydrogen (secondary N) is 2. The van der Waals surface area contributed by atoms with Gasteiger partial charge in [-0.15, -0.1) is 0 Å². The number of hydrogen-bond donors (Lipinski definition) is 4. The second-order valence-electron chi connectivity index (χ2n) is 6.32. The summed E-state index contributed by atoms with van der Waals surface area (Å²) in [6.45, 7) is 0. The standard InChI is InChI=1S/C19H29N3O4S2/c1-27-10-8-14(20)17(23)21-15(9-11-28-2)18(24)22-16(19(25)26)12-13-6-4-3-5-7-13/h3-7,14-16H,8-12,20H2,1-2H3,(H,21,23)(H,22,24)(H,25,26). The quantitative estimate of drug-likeness (QED) is 0.372. The van der Waals surface area contributed by atoms with E-state index in [1.807, 2.05) is 30.7 Å². The van der Waals surface area contributed by atoms with E-state index in [4.69, 9.17) is 5.73 Å². The molecule has 0 aliphatic carbocycles. The van der Waals surface area contributed by atoms with Gasteiger partial charge < -0.3 is 21.5 Å². The van der Waals surface area contributed by atoms with Crippen molar-refractivity contribution in [3.8, 4) is 0 Å². The third-order valence-electron chi connectivity index (χ3n) is 4.11. The highest BCUT2D eigenvalue weighted by Gasteiger charge is 2.27. The highest BCUT2D eigenvalue weighted by Crippen LogP contribution is 2.07. The second-order valence-corrected chi connectivity index (χ2v) is 8.29. The van der Waals surface area contributed by atoms with E-state index >= 15 is 0 Å². The van der Waals surface area contributed by atoms with Crippen LogP contribution in [0.15, 0.2) is 30.3 Å². The maximum Gasteiger partial charge on any atom is 0.326 e. The minimum atomic E-state index is -1.12. The highest BCUT2D eigenvalue weighted by molar-refractivity contribution is 7.98. The van der Waals surface area contributed by atoms with Gasteiger partial charge in [0.25, 0.3) is 0 Å². The van der Waals surface area contributed by atoms with Crippen molar-refractivity contribution < 1.29 is 19.5 Å². The van der Waals surface area contributed by atoms with E-state index in [2.05, 4.69) is 10.6 Å². The lowest BCUT2D eigenvalue weighted by molar-refractivity contribution is -0.142. The van der Waals surface area contributed by atoms with Gasteiger partial charge in [-0.2, -0.15) is 23.5 Å². The van der Waals surface area contributed by atoms with Crippen LogP contribution in [0, 0.1) is 0 Å². The van der Waals surface area contributed by atoms with Crippen LogP contribution >= 0.6 is 23.5 Å². The number of aliphatic carboxylic acids is 1. The first kappa shape index (κ1) is 24.3. The van der Waals surface area contributed by atoms with Crippen molar-refractivity contribution in [2.45, 2.75) is 37.4 Å². The van der Waals surface area contributed by atoms with Gasteiger partial charge in [0.2, 0.25) is 11.8 Å². The highest BCUT2D eigenvalue weighted by atomic mass is 32.2. The Balaban J connectivity index is 2.77. The number of amides is 2. The molecule has 28 heavy (non-hydrogen) atoms. The van der Waals surface area contributed by atoms with Crippen LogP contribution in [0.25, 0.3) is 0 Å². The summed E-state index contributed by atoms with van der Waals surface area (Å²) in [6.07, 6.45) is 4.90. The zero-order valence-electron chi connectivity index (χ0n) is 16.2. The van der Waals surface area contributed by atoms with Crippen LogP contribution in [0.1, 0.15) is 18.4 Å². The van der Waals surface area contributed by atoms with Crippen molar-refractivity contribution in [3.63, 3.8) is 0 Å². The summed E-state index contributed by atoms with van der Waals surface area (Å²) in [5.41, 5.74) is 6.68. The van der Waals surface area contributed by atoms with Crippen LogP contribution in [0.3, 0.4) is 0 Å².